The first kappa shape index (κ1) is 15.6. The summed E-state index contributed by atoms with van der Waals surface area (Å²) in [6.07, 6.45) is 0. The van der Waals surface area contributed by atoms with E-state index in [2.05, 4.69) is 0 Å². The molecule has 0 fully saturated rings. The van der Waals surface area contributed by atoms with E-state index in [0.29, 0.717) is 23.9 Å². The van der Waals surface area contributed by atoms with Crippen LogP contribution in [0.4, 0.5) is 0 Å². The Kier molecular flexibility index (Phi) is 5.07. The van der Waals surface area contributed by atoms with Gasteiger partial charge in [0.05, 0.1) is 5.88 Å². The largest absolute Gasteiger partial charge is 0.456 e. The highest BCUT2D eigenvalue weighted by molar-refractivity contribution is 6.17. The molecule has 0 saturated heterocycles. The molecule has 1 amide bonds. The molecule has 0 N–H and O–H groups in total. The van der Waals surface area contributed by atoms with Crippen molar-refractivity contribution in [3.8, 4) is 0 Å². The highest BCUT2D eigenvalue weighted by atomic mass is 35.5. The molecular weight excluding hydrogens is 286 g/mol. The molecule has 0 radical (unpaired) electrons. The van der Waals surface area contributed by atoms with Crippen molar-refractivity contribution in [3.05, 3.63) is 59.0 Å². The van der Waals surface area contributed by atoms with Crippen LogP contribution in [-0.4, -0.2) is 16.8 Å². The predicted octanol–water partition coefficient (Wildman–Crippen LogP) is 4.38. The summed E-state index contributed by atoms with van der Waals surface area (Å²) in [6.45, 7) is 6.39. The number of rotatable bonds is 5. The second-order valence-corrected chi connectivity index (χ2v) is 5.61. The number of nitrogens with zero attached hydrogens (tertiary/aromatic N) is 1. The number of aryl methyl sites for hydroxylation is 1. The van der Waals surface area contributed by atoms with Gasteiger partial charge < -0.3 is 9.32 Å². The molecule has 1 aromatic heterocycles. The fourth-order valence-electron chi connectivity index (χ4n) is 2.17. The molecule has 21 heavy (non-hydrogen) atoms. The number of carbonyl (C=O) groups is 1. The zero-order valence-electron chi connectivity index (χ0n) is 12.6. The summed E-state index contributed by atoms with van der Waals surface area (Å²) in [5.41, 5.74) is 1.96. The van der Waals surface area contributed by atoms with Crippen molar-refractivity contribution in [2.45, 2.75) is 39.2 Å². The lowest BCUT2D eigenvalue weighted by molar-refractivity contribution is 0.0656. The van der Waals surface area contributed by atoms with Crippen molar-refractivity contribution < 1.29 is 9.21 Å². The Morgan fingerprint density at radius 1 is 1.29 bits per heavy atom. The van der Waals surface area contributed by atoms with Gasteiger partial charge in [-0.25, -0.2) is 0 Å². The van der Waals surface area contributed by atoms with Crippen LogP contribution in [0, 0.1) is 6.92 Å². The first-order valence-corrected chi connectivity index (χ1v) is 7.56. The molecule has 1 heterocycles. The number of carbonyl (C=O) groups excluding carboxylic acids is 1. The van der Waals surface area contributed by atoms with E-state index in [1.807, 2.05) is 51.1 Å². The zero-order valence-corrected chi connectivity index (χ0v) is 13.4. The summed E-state index contributed by atoms with van der Waals surface area (Å²) in [6, 6.07) is 11.8. The Bertz CT molecular complexity index is 605. The lowest BCUT2D eigenvalue weighted by Gasteiger charge is -2.26. The van der Waals surface area contributed by atoms with Crippen molar-refractivity contribution in [2.75, 3.05) is 0 Å². The highest BCUT2D eigenvalue weighted by Crippen LogP contribution is 2.20. The first-order chi connectivity index (χ1) is 10.0. The van der Waals surface area contributed by atoms with Crippen molar-refractivity contribution in [2.24, 2.45) is 0 Å². The molecule has 0 aliphatic heterocycles. The van der Waals surface area contributed by atoms with E-state index in [-0.39, 0.29) is 11.9 Å². The van der Waals surface area contributed by atoms with Crippen LogP contribution in [0.3, 0.4) is 0 Å². The molecule has 0 unspecified atom stereocenters. The number of hydrogen-bond donors (Lipinski definition) is 0. The molecule has 0 aliphatic carbocycles. The van der Waals surface area contributed by atoms with E-state index in [0.717, 1.165) is 11.1 Å². The quantitative estimate of drug-likeness (QED) is 0.768. The van der Waals surface area contributed by atoms with Gasteiger partial charge in [-0.15, -0.1) is 11.6 Å². The summed E-state index contributed by atoms with van der Waals surface area (Å²) in [4.78, 5) is 14.5. The molecule has 4 heteroatoms. The van der Waals surface area contributed by atoms with Gasteiger partial charge in [0.1, 0.15) is 5.76 Å². The SMILES string of the molecule is Cc1oc(C(=O)N(Cc2ccccc2)C(C)C)cc1CCl. The molecule has 2 rings (SSSR count). The number of halogens is 1. The Morgan fingerprint density at radius 3 is 2.48 bits per heavy atom. The van der Waals surface area contributed by atoms with Crippen LogP contribution in [0.25, 0.3) is 0 Å². The average Bonchev–Trinajstić information content (AvgIpc) is 2.86. The summed E-state index contributed by atoms with van der Waals surface area (Å²) in [5, 5.41) is 0. The van der Waals surface area contributed by atoms with Crippen molar-refractivity contribution >= 4 is 17.5 Å². The monoisotopic (exact) mass is 305 g/mol. The van der Waals surface area contributed by atoms with Crippen LogP contribution in [0.15, 0.2) is 40.8 Å². The highest BCUT2D eigenvalue weighted by Gasteiger charge is 2.23. The number of hydrogen-bond acceptors (Lipinski definition) is 2. The van der Waals surface area contributed by atoms with Gasteiger partial charge >= 0.3 is 0 Å². The van der Waals surface area contributed by atoms with E-state index in [9.17, 15) is 4.79 Å². The van der Waals surface area contributed by atoms with Crippen LogP contribution < -0.4 is 0 Å². The summed E-state index contributed by atoms with van der Waals surface area (Å²) in [7, 11) is 0. The minimum atomic E-state index is -0.103. The third kappa shape index (κ3) is 3.67. The van der Waals surface area contributed by atoms with Gasteiger partial charge in [-0.3, -0.25) is 4.79 Å². The minimum absolute atomic E-state index is 0.0857. The van der Waals surface area contributed by atoms with Crippen LogP contribution in [0.1, 0.15) is 41.3 Å². The Balaban J connectivity index is 2.23. The molecule has 0 atom stereocenters. The maximum atomic E-state index is 12.7. The summed E-state index contributed by atoms with van der Waals surface area (Å²) in [5.74, 6) is 1.31. The lowest BCUT2D eigenvalue weighted by Crippen LogP contribution is -2.36. The van der Waals surface area contributed by atoms with Gasteiger partial charge in [0, 0.05) is 18.2 Å². The Hall–Kier alpha value is -1.74. The van der Waals surface area contributed by atoms with Crippen LogP contribution in [-0.2, 0) is 12.4 Å². The molecule has 0 aliphatic rings. The summed E-state index contributed by atoms with van der Waals surface area (Å²) < 4.78 is 5.56. The fraction of sp³-hybridized carbons (Fsp3) is 0.353. The van der Waals surface area contributed by atoms with Gasteiger partial charge in [-0.05, 0) is 32.4 Å². The van der Waals surface area contributed by atoms with Crippen molar-refractivity contribution in [1.82, 2.24) is 4.90 Å². The molecule has 2 aromatic rings. The van der Waals surface area contributed by atoms with Gasteiger partial charge in [0.25, 0.3) is 5.91 Å². The topological polar surface area (TPSA) is 33.5 Å². The molecule has 112 valence electrons. The predicted molar refractivity (Wildman–Crippen MR) is 84.5 cm³/mol. The molecule has 3 nitrogen and oxygen atoms in total. The minimum Gasteiger partial charge on any atom is -0.456 e. The van der Waals surface area contributed by atoms with Gasteiger partial charge in [-0.2, -0.15) is 0 Å². The third-order valence-corrected chi connectivity index (χ3v) is 3.74. The van der Waals surface area contributed by atoms with Crippen molar-refractivity contribution in [3.63, 3.8) is 0 Å². The Labute approximate surface area is 130 Å². The fourth-order valence-corrected chi connectivity index (χ4v) is 2.43. The second kappa shape index (κ2) is 6.81. The van der Waals surface area contributed by atoms with Gasteiger partial charge in [-0.1, -0.05) is 30.3 Å². The van der Waals surface area contributed by atoms with E-state index in [1.165, 1.54) is 0 Å². The third-order valence-electron chi connectivity index (χ3n) is 3.46. The Morgan fingerprint density at radius 2 is 1.95 bits per heavy atom. The van der Waals surface area contributed by atoms with Crippen LogP contribution in [0.2, 0.25) is 0 Å². The molecular formula is C17H20ClNO2. The lowest BCUT2D eigenvalue weighted by atomic mass is 10.1. The van der Waals surface area contributed by atoms with Crippen molar-refractivity contribution in [1.29, 1.82) is 0 Å². The maximum absolute atomic E-state index is 12.7. The van der Waals surface area contributed by atoms with E-state index in [1.54, 1.807) is 11.0 Å². The first-order valence-electron chi connectivity index (χ1n) is 7.03. The van der Waals surface area contributed by atoms with E-state index in [4.69, 9.17) is 16.0 Å². The average molecular weight is 306 g/mol. The smallest absolute Gasteiger partial charge is 0.290 e. The molecule has 0 spiro atoms. The molecule has 1 aromatic carbocycles. The van der Waals surface area contributed by atoms with Crippen LogP contribution >= 0.6 is 11.6 Å². The molecule has 0 bridgehead atoms. The van der Waals surface area contributed by atoms with Gasteiger partial charge in [0.15, 0.2) is 5.76 Å². The normalized spacial score (nSPS) is 10.9. The number of furan rings is 1. The second-order valence-electron chi connectivity index (χ2n) is 5.34. The van der Waals surface area contributed by atoms with Gasteiger partial charge in [0.2, 0.25) is 0 Å². The molecule has 0 saturated carbocycles. The number of alkyl halides is 1. The number of benzene rings is 1. The number of amides is 1. The maximum Gasteiger partial charge on any atom is 0.290 e. The summed E-state index contributed by atoms with van der Waals surface area (Å²) >= 11 is 5.84. The van der Waals surface area contributed by atoms with E-state index >= 15 is 0 Å². The van der Waals surface area contributed by atoms with E-state index < -0.39 is 0 Å². The zero-order chi connectivity index (χ0) is 15.4. The van der Waals surface area contributed by atoms with Crippen LogP contribution in [0.5, 0.6) is 0 Å². The standard InChI is InChI=1S/C17H20ClNO2/c1-12(2)19(11-14-7-5-4-6-8-14)17(20)16-9-15(10-18)13(3)21-16/h4-9,12H,10-11H2,1-3H3.